The molecule has 0 bridgehead atoms. The van der Waals surface area contributed by atoms with Crippen LogP contribution in [0.1, 0.15) is 29.7 Å². The van der Waals surface area contributed by atoms with Crippen LogP contribution in [0, 0.1) is 0 Å². The minimum Gasteiger partial charge on any atom is -0.446 e. The first-order valence-corrected chi connectivity index (χ1v) is 12.4. The molecule has 0 saturated carbocycles. The number of para-hydroxylation sites is 1. The molecule has 5 aromatic rings. The van der Waals surface area contributed by atoms with Crippen LogP contribution in [0.3, 0.4) is 0 Å². The van der Waals surface area contributed by atoms with Crippen molar-refractivity contribution in [3.05, 3.63) is 57.2 Å². The Morgan fingerprint density at radius 2 is 1.90 bits per heavy atom. The number of benzene rings is 1. The highest BCUT2D eigenvalue weighted by molar-refractivity contribution is 8.01. The summed E-state index contributed by atoms with van der Waals surface area (Å²) in [5, 5.41) is 1.50. The van der Waals surface area contributed by atoms with E-state index >= 15 is 0 Å². The predicted molar refractivity (Wildman–Crippen MR) is 123 cm³/mol. The van der Waals surface area contributed by atoms with E-state index in [2.05, 4.69) is 16.0 Å². The van der Waals surface area contributed by atoms with Crippen LogP contribution in [0.25, 0.3) is 32.0 Å². The van der Waals surface area contributed by atoms with Crippen molar-refractivity contribution in [3.8, 4) is 11.6 Å². The smallest absolute Gasteiger partial charge is 0.260 e. The fraction of sp³-hybridized carbons (Fsp3) is 0.227. The second kappa shape index (κ2) is 7.37. The molecule has 1 aliphatic carbocycles. The Morgan fingerprint density at radius 1 is 1.00 bits per heavy atom. The lowest BCUT2D eigenvalue weighted by Crippen LogP contribution is -2.09. The lowest BCUT2D eigenvalue weighted by Gasteiger charge is -1.99. The van der Waals surface area contributed by atoms with Gasteiger partial charge in [-0.25, -0.2) is 9.97 Å². The molecule has 0 fully saturated rings. The standard InChI is InChI=1S/C22H17N3O2S3/c26-20-18-12-6-2-1-3-8-15(12)28-21(18)25-19(24-20)14-10-11-17(27-14)30-22-23-13-7-4-5-9-16(13)29-22/h4-5,7,9-11H,1-3,6,8H2,(H,24,25,26). The fourth-order valence-electron chi connectivity index (χ4n) is 3.94. The van der Waals surface area contributed by atoms with Crippen LogP contribution in [-0.2, 0) is 12.8 Å². The lowest BCUT2D eigenvalue weighted by molar-refractivity contribution is 0.484. The van der Waals surface area contributed by atoms with Gasteiger partial charge in [-0.1, -0.05) is 18.6 Å². The summed E-state index contributed by atoms with van der Waals surface area (Å²) in [6.45, 7) is 0. The van der Waals surface area contributed by atoms with E-state index in [1.54, 1.807) is 22.7 Å². The number of thiazole rings is 1. The highest BCUT2D eigenvalue weighted by atomic mass is 32.2. The van der Waals surface area contributed by atoms with Crippen molar-refractivity contribution < 1.29 is 4.42 Å². The zero-order valence-electron chi connectivity index (χ0n) is 15.9. The summed E-state index contributed by atoms with van der Waals surface area (Å²) >= 11 is 4.78. The zero-order chi connectivity index (χ0) is 20.1. The van der Waals surface area contributed by atoms with E-state index in [0.717, 1.165) is 49.1 Å². The molecule has 1 N–H and O–H groups in total. The van der Waals surface area contributed by atoms with Crippen LogP contribution in [0.15, 0.2) is 55.0 Å². The Morgan fingerprint density at radius 3 is 2.83 bits per heavy atom. The fourth-order valence-corrected chi connectivity index (χ4v) is 7.17. The quantitative estimate of drug-likeness (QED) is 0.327. The minimum absolute atomic E-state index is 0.0637. The molecule has 0 amide bonds. The molecule has 6 rings (SSSR count). The number of nitrogens with zero attached hydrogens (tertiary/aromatic N) is 2. The molecular formula is C22H17N3O2S3. The zero-order valence-corrected chi connectivity index (χ0v) is 18.4. The third kappa shape index (κ3) is 3.19. The Labute approximate surface area is 184 Å². The number of H-pyrrole nitrogens is 1. The number of hydrogen-bond acceptors (Lipinski definition) is 7. The maximum Gasteiger partial charge on any atom is 0.260 e. The van der Waals surface area contributed by atoms with E-state index in [4.69, 9.17) is 9.40 Å². The molecule has 0 spiro atoms. The van der Waals surface area contributed by atoms with E-state index in [0.29, 0.717) is 11.6 Å². The van der Waals surface area contributed by atoms with Gasteiger partial charge in [0, 0.05) is 4.88 Å². The average Bonchev–Trinajstić information content (AvgIpc) is 3.41. The van der Waals surface area contributed by atoms with Crippen LogP contribution < -0.4 is 5.56 Å². The van der Waals surface area contributed by atoms with Gasteiger partial charge in [0.15, 0.2) is 21.0 Å². The number of aromatic amines is 1. The van der Waals surface area contributed by atoms with Gasteiger partial charge < -0.3 is 9.40 Å². The molecule has 5 nitrogen and oxygen atoms in total. The number of aromatic nitrogens is 3. The first kappa shape index (κ1) is 18.4. The SMILES string of the molecule is O=c1[nH]c(-c2ccc(Sc3nc4ccccc4s3)o2)nc2sc3c(c12)CCCCC3. The van der Waals surface area contributed by atoms with E-state index in [-0.39, 0.29) is 5.56 Å². The molecule has 150 valence electrons. The van der Waals surface area contributed by atoms with Crippen molar-refractivity contribution in [2.24, 2.45) is 0 Å². The summed E-state index contributed by atoms with van der Waals surface area (Å²) in [6.07, 6.45) is 5.59. The molecule has 1 aliphatic rings. The number of rotatable bonds is 3. The first-order chi connectivity index (χ1) is 14.7. The predicted octanol–water partition coefficient (Wildman–Crippen LogP) is 6.27. The normalized spacial score (nSPS) is 14.3. The van der Waals surface area contributed by atoms with E-state index < -0.39 is 0 Å². The molecular weight excluding hydrogens is 434 g/mol. The highest BCUT2D eigenvalue weighted by Crippen LogP contribution is 2.37. The summed E-state index contributed by atoms with van der Waals surface area (Å²) in [6, 6.07) is 11.8. The average molecular weight is 452 g/mol. The molecule has 0 unspecified atom stereocenters. The highest BCUT2D eigenvalue weighted by Gasteiger charge is 2.20. The van der Waals surface area contributed by atoms with Gasteiger partial charge in [-0.15, -0.1) is 22.7 Å². The van der Waals surface area contributed by atoms with Crippen LogP contribution in [0.5, 0.6) is 0 Å². The van der Waals surface area contributed by atoms with E-state index in [9.17, 15) is 4.79 Å². The summed E-state index contributed by atoms with van der Waals surface area (Å²) in [4.78, 5) is 27.3. The maximum atomic E-state index is 12.9. The first-order valence-electron chi connectivity index (χ1n) is 9.93. The Balaban J connectivity index is 1.34. The van der Waals surface area contributed by atoms with Crippen molar-refractivity contribution in [2.75, 3.05) is 0 Å². The Kier molecular flexibility index (Phi) is 4.51. The largest absolute Gasteiger partial charge is 0.446 e. The molecule has 1 aromatic carbocycles. The lowest BCUT2D eigenvalue weighted by atomic mass is 10.1. The summed E-state index contributed by atoms with van der Waals surface area (Å²) in [5.74, 6) is 1.06. The number of aryl methyl sites for hydroxylation is 2. The monoisotopic (exact) mass is 451 g/mol. The van der Waals surface area contributed by atoms with Crippen molar-refractivity contribution in [2.45, 2.75) is 41.5 Å². The van der Waals surface area contributed by atoms with Crippen LogP contribution in [0.2, 0.25) is 0 Å². The molecule has 30 heavy (non-hydrogen) atoms. The summed E-state index contributed by atoms with van der Waals surface area (Å²) in [5.41, 5.74) is 2.14. The summed E-state index contributed by atoms with van der Waals surface area (Å²) in [7, 11) is 0. The van der Waals surface area contributed by atoms with Crippen LogP contribution in [0.4, 0.5) is 0 Å². The number of fused-ring (bicyclic) bond motifs is 4. The van der Waals surface area contributed by atoms with E-state index in [1.165, 1.54) is 35.0 Å². The van der Waals surface area contributed by atoms with Gasteiger partial charge in [-0.05, 0) is 67.3 Å². The Hall–Kier alpha value is -2.42. The van der Waals surface area contributed by atoms with Crippen LogP contribution in [-0.4, -0.2) is 15.0 Å². The van der Waals surface area contributed by atoms with Crippen molar-refractivity contribution in [3.63, 3.8) is 0 Å². The third-order valence-corrected chi connectivity index (χ3v) is 8.56. The van der Waals surface area contributed by atoms with Crippen molar-refractivity contribution in [1.29, 1.82) is 0 Å². The molecule has 0 atom stereocenters. The molecule has 0 aliphatic heterocycles. The van der Waals surface area contributed by atoms with Gasteiger partial charge in [0.05, 0.1) is 15.6 Å². The molecule has 4 heterocycles. The Bertz CT molecular complexity index is 1410. The number of hydrogen-bond donors (Lipinski definition) is 1. The third-order valence-electron chi connectivity index (χ3n) is 5.35. The second-order valence-corrected chi connectivity index (χ2v) is 10.7. The minimum atomic E-state index is -0.0637. The van der Waals surface area contributed by atoms with Gasteiger partial charge in [0.1, 0.15) is 4.83 Å². The number of furan rings is 1. The van der Waals surface area contributed by atoms with Gasteiger partial charge >= 0.3 is 0 Å². The molecule has 4 aromatic heterocycles. The molecule has 0 radical (unpaired) electrons. The van der Waals surface area contributed by atoms with E-state index in [1.807, 2.05) is 30.3 Å². The number of nitrogens with one attached hydrogen (secondary N) is 1. The maximum absolute atomic E-state index is 12.9. The van der Waals surface area contributed by atoms with Gasteiger partial charge in [0.25, 0.3) is 5.56 Å². The van der Waals surface area contributed by atoms with Gasteiger partial charge in [0.2, 0.25) is 0 Å². The topological polar surface area (TPSA) is 71.8 Å². The van der Waals surface area contributed by atoms with Crippen molar-refractivity contribution >= 4 is 54.9 Å². The molecule has 0 saturated heterocycles. The molecule has 8 heteroatoms. The van der Waals surface area contributed by atoms with Gasteiger partial charge in [-0.3, -0.25) is 4.79 Å². The van der Waals surface area contributed by atoms with Crippen LogP contribution >= 0.6 is 34.4 Å². The second-order valence-electron chi connectivity index (χ2n) is 7.33. The van der Waals surface area contributed by atoms with Crippen molar-refractivity contribution in [1.82, 2.24) is 15.0 Å². The number of thiophene rings is 1. The summed E-state index contributed by atoms with van der Waals surface area (Å²) < 4.78 is 8.08. The van der Waals surface area contributed by atoms with Gasteiger partial charge in [-0.2, -0.15) is 0 Å².